The van der Waals surface area contributed by atoms with Crippen molar-refractivity contribution in [1.29, 1.82) is 0 Å². The van der Waals surface area contributed by atoms with Gasteiger partial charge in [0, 0.05) is 39.3 Å². The first-order valence-electron chi connectivity index (χ1n) is 10.3. The fraction of sp³-hybridized carbons (Fsp3) is 0.565. The molecule has 1 aromatic carbocycles. The summed E-state index contributed by atoms with van der Waals surface area (Å²) in [5.41, 5.74) is 0.174. The van der Waals surface area contributed by atoms with Crippen LogP contribution in [0, 0.1) is 11.3 Å². The maximum absolute atomic E-state index is 12.9. The summed E-state index contributed by atoms with van der Waals surface area (Å²) < 4.78 is 0. The number of rotatable bonds is 8. The molecule has 0 spiro atoms. The Bertz CT molecular complexity index is 660. The van der Waals surface area contributed by atoms with Crippen molar-refractivity contribution in [2.24, 2.45) is 11.3 Å². The fourth-order valence-electron chi connectivity index (χ4n) is 3.22. The Kier molecular flexibility index (Phi) is 8.24. The molecule has 1 saturated heterocycles. The summed E-state index contributed by atoms with van der Waals surface area (Å²) >= 11 is 0. The smallest absolute Gasteiger partial charge is 0.237 e. The minimum atomic E-state index is -1.02. The molecule has 1 aromatic rings. The lowest BCUT2D eigenvalue weighted by molar-refractivity contribution is -0.149. The molecular weight excluding hydrogens is 350 g/mol. The van der Waals surface area contributed by atoms with E-state index in [1.807, 2.05) is 23.1 Å². The number of carbonyl (C=O) groups excluding carboxylic acids is 2. The van der Waals surface area contributed by atoms with Crippen LogP contribution in [0.1, 0.15) is 39.7 Å². The van der Waals surface area contributed by atoms with E-state index in [4.69, 9.17) is 0 Å². The van der Waals surface area contributed by atoms with E-state index >= 15 is 0 Å². The van der Waals surface area contributed by atoms with Crippen LogP contribution in [0.3, 0.4) is 0 Å². The molecule has 0 bridgehead atoms. The molecule has 2 rings (SSSR count). The van der Waals surface area contributed by atoms with Crippen molar-refractivity contribution in [1.82, 2.24) is 15.1 Å². The number of nitrogens with zero attached hydrogens (tertiary/aromatic N) is 2. The van der Waals surface area contributed by atoms with Crippen LogP contribution >= 0.6 is 0 Å². The molecule has 1 aliphatic rings. The monoisotopic (exact) mass is 385 g/mol. The van der Waals surface area contributed by atoms with Gasteiger partial charge in [0.1, 0.15) is 5.41 Å². The van der Waals surface area contributed by atoms with E-state index in [1.54, 1.807) is 13.8 Å². The molecule has 154 valence electrons. The summed E-state index contributed by atoms with van der Waals surface area (Å²) in [5.74, 6) is 0.281. The molecule has 0 atom stereocenters. The Balaban J connectivity index is 1.78. The van der Waals surface area contributed by atoms with E-state index in [0.29, 0.717) is 25.6 Å². The zero-order chi connectivity index (χ0) is 20.6. The lowest BCUT2D eigenvalue weighted by atomic mass is 9.89. The summed E-state index contributed by atoms with van der Waals surface area (Å²) in [7, 11) is 0. The normalized spacial score (nSPS) is 16.0. The zero-order valence-electron chi connectivity index (χ0n) is 17.8. The molecule has 0 aliphatic carbocycles. The van der Waals surface area contributed by atoms with Crippen molar-refractivity contribution in [2.45, 2.75) is 34.1 Å². The molecule has 0 unspecified atom stereocenters. The second-order valence-electron chi connectivity index (χ2n) is 8.47. The van der Waals surface area contributed by atoms with Crippen LogP contribution in [0.2, 0.25) is 0 Å². The van der Waals surface area contributed by atoms with E-state index in [2.05, 4.69) is 48.3 Å². The Morgan fingerprint density at radius 2 is 1.75 bits per heavy atom. The second-order valence-corrected chi connectivity index (χ2v) is 8.47. The Labute approximate surface area is 169 Å². The number of hydrogen-bond donors (Lipinski definition) is 1. The van der Waals surface area contributed by atoms with Crippen LogP contribution in [0.5, 0.6) is 0 Å². The van der Waals surface area contributed by atoms with Gasteiger partial charge in [-0.1, -0.05) is 56.3 Å². The molecule has 1 N–H and O–H groups in total. The third-order valence-electron chi connectivity index (χ3n) is 5.24. The number of hydrogen-bond acceptors (Lipinski definition) is 3. The number of piperazine rings is 1. The molecule has 0 aromatic heterocycles. The van der Waals surface area contributed by atoms with E-state index < -0.39 is 5.41 Å². The topological polar surface area (TPSA) is 52.7 Å². The summed E-state index contributed by atoms with van der Waals surface area (Å²) in [4.78, 5) is 29.6. The van der Waals surface area contributed by atoms with Crippen LogP contribution in [-0.2, 0) is 9.59 Å². The van der Waals surface area contributed by atoms with Crippen LogP contribution in [0.25, 0.3) is 6.08 Å². The highest BCUT2D eigenvalue weighted by Gasteiger charge is 2.39. The van der Waals surface area contributed by atoms with Crippen molar-refractivity contribution in [3.05, 3.63) is 42.0 Å². The van der Waals surface area contributed by atoms with Gasteiger partial charge in [0.2, 0.25) is 11.8 Å². The van der Waals surface area contributed by atoms with Gasteiger partial charge in [0.25, 0.3) is 0 Å². The fourth-order valence-corrected chi connectivity index (χ4v) is 3.22. The molecule has 0 radical (unpaired) electrons. The number of amides is 2. The maximum atomic E-state index is 12.9. The van der Waals surface area contributed by atoms with Crippen LogP contribution in [-0.4, -0.2) is 60.9 Å². The molecule has 28 heavy (non-hydrogen) atoms. The standard InChI is InChI=1S/C23H35N3O2/c1-19(2)12-13-24-21(27)23(3,4)22(28)26-17-15-25(16-18-26)14-8-11-20-9-6-5-7-10-20/h5-11,19H,12-18H2,1-4H3,(H,24,27)/b11-8+. The maximum Gasteiger partial charge on any atom is 0.237 e. The first-order valence-corrected chi connectivity index (χ1v) is 10.3. The predicted molar refractivity (Wildman–Crippen MR) is 115 cm³/mol. The minimum absolute atomic E-state index is 0.0750. The highest BCUT2D eigenvalue weighted by atomic mass is 16.2. The van der Waals surface area contributed by atoms with E-state index in [9.17, 15) is 9.59 Å². The van der Waals surface area contributed by atoms with Crippen molar-refractivity contribution in [3.63, 3.8) is 0 Å². The van der Waals surface area contributed by atoms with Gasteiger partial charge in [-0.2, -0.15) is 0 Å². The molecule has 1 fully saturated rings. The molecule has 5 heteroatoms. The Morgan fingerprint density at radius 3 is 2.36 bits per heavy atom. The summed E-state index contributed by atoms with van der Waals surface area (Å²) in [6, 6.07) is 10.2. The third-order valence-corrected chi connectivity index (χ3v) is 5.24. The number of carbonyl (C=O) groups is 2. The van der Waals surface area contributed by atoms with Gasteiger partial charge in [-0.3, -0.25) is 14.5 Å². The average Bonchev–Trinajstić information content (AvgIpc) is 2.68. The summed E-state index contributed by atoms with van der Waals surface area (Å²) in [6.07, 6.45) is 5.21. The highest BCUT2D eigenvalue weighted by Crippen LogP contribution is 2.20. The number of nitrogens with one attached hydrogen (secondary N) is 1. The van der Waals surface area contributed by atoms with Crippen LogP contribution < -0.4 is 5.32 Å². The van der Waals surface area contributed by atoms with Gasteiger partial charge in [-0.15, -0.1) is 0 Å². The van der Waals surface area contributed by atoms with Gasteiger partial charge < -0.3 is 10.2 Å². The van der Waals surface area contributed by atoms with Crippen molar-refractivity contribution < 1.29 is 9.59 Å². The van der Waals surface area contributed by atoms with Gasteiger partial charge in [0.05, 0.1) is 0 Å². The molecule has 1 heterocycles. The summed E-state index contributed by atoms with van der Waals surface area (Å²) in [6.45, 7) is 12.2. The third kappa shape index (κ3) is 6.48. The van der Waals surface area contributed by atoms with Gasteiger partial charge in [-0.05, 0) is 31.7 Å². The average molecular weight is 386 g/mol. The first kappa shape index (κ1) is 22.2. The lowest BCUT2D eigenvalue weighted by Gasteiger charge is -2.37. The minimum Gasteiger partial charge on any atom is -0.355 e. The highest BCUT2D eigenvalue weighted by molar-refractivity contribution is 6.04. The van der Waals surface area contributed by atoms with Crippen molar-refractivity contribution in [3.8, 4) is 0 Å². The first-order chi connectivity index (χ1) is 13.3. The lowest BCUT2D eigenvalue weighted by Crippen LogP contribution is -2.55. The quantitative estimate of drug-likeness (QED) is 0.700. The van der Waals surface area contributed by atoms with E-state index in [0.717, 1.165) is 26.1 Å². The van der Waals surface area contributed by atoms with E-state index in [1.165, 1.54) is 5.56 Å². The predicted octanol–water partition coefficient (Wildman–Crippen LogP) is 3.03. The number of benzene rings is 1. The van der Waals surface area contributed by atoms with Gasteiger partial charge in [0.15, 0.2) is 0 Å². The SMILES string of the molecule is CC(C)CCNC(=O)C(C)(C)C(=O)N1CCN(C/C=C/c2ccccc2)CC1. The molecular formula is C23H35N3O2. The van der Waals surface area contributed by atoms with E-state index in [-0.39, 0.29) is 11.8 Å². The van der Waals surface area contributed by atoms with Crippen molar-refractivity contribution in [2.75, 3.05) is 39.3 Å². The van der Waals surface area contributed by atoms with Crippen LogP contribution in [0.15, 0.2) is 36.4 Å². The Morgan fingerprint density at radius 1 is 1.11 bits per heavy atom. The molecule has 2 amide bonds. The van der Waals surface area contributed by atoms with Gasteiger partial charge >= 0.3 is 0 Å². The van der Waals surface area contributed by atoms with Crippen molar-refractivity contribution >= 4 is 17.9 Å². The molecule has 1 aliphatic heterocycles. The summed E-state index contributed by atoms with van der Waals surface area (Å²) in [5, 5.41) is 2.92. The second kappa shape index (κ2) is 10.4. The molecule has 5 nitrogen and oxygen atoms in total. The largest absolute Gasteiger partial charge is 0.355 e. The molecule has 0 saturated carbocycles. The van der Waals surface area contributed by atoms with Gasteiger partial charge in [-0.25, -0.2) is 0 Å². The Hall–Kier alpha value is -2.14. The van der Waals surface area contributed by atoms with Crippen LogP contribution in [0.4, 0.5) is 0 Å². The zero-order valence-corrected chi connectivity index (χ0v) is 17.8.